The van der Waals surface area contributed by atoms with E-state index in [0.717, 1.165) is 17.9 Å². The van der Waals surface area contributed by atoms with Crippen molar-refractivity contribution >= 4 is 47.2 Å². The van der Waals surface area contributed by atoms with E-state index in [1.54, 1.807) is 13.2 Å². The predicted molar refractivity (Wildman–Crippen MR) is 120 cm³/mol. The third-order valence-electron chi connectivity index (χ3n) is 3.72. The first kappa shape index (κ1) is 24.0. The zero-order chi connectivity index (χ0) is 19.6. The quantitative estimate of drug-likeness (QED) is 0.172. The first-order valence-corrected chi connectivity index (χ1v) is 8.92. The van der Waals surface area contributed by atoms with Crippen LogP contribution in [0.4, 0.5) is 5.69 Å². The molecule has 1 heterocycles. The van der Waals surface area contributed by atoms with E-state index < -0.39 is 4.92 Å². The van der Waals surface area contributed by atoms with Gasteiger partial charge in [0.25, 0.3) is 0 Å². The van der Waals surface area contributed by atoms with E-state index in [9.17, 15) is 10.1 Å². The monoisotopic (exact) mass is 522 g/mol. The van der Waals surface area contributed by atoms with Gasteiger partial charge in [0.15, 0.2) is 5.96 Å². The highest BCUT2D eigenvalue weighted by Gasteiger charge is 2.08. The molecule has 154 valence electrons. The summed E-state index contributed by atoms with van der Waals surface area (Å²) in [6, 6.07) is 5.59. The molecular weight excluding hydrogens is 499 g/mol. The van der Waals surface area contributed by atoms with Gasteiger partial charge < -0.3 is 15.4 Å². The van der Waals surface area contributed by atoms with Gasteiger partial charge in [0.1, 0.15) is 18.1 Å². The second-order valence-electron chi connectivity index (χ2n) is 5.61. The Morgan fingerprint density at radius 1 is 1.43 bits per heavy atom. The van der Waals surface area contributed by atoms with E-state index in [1.165, 1.54) is 17.1 Å². The standard InChI is InChI=1S/C17H23ClN6O3.HI/c1-3-19-17(21-8-9-23-12-14(11-22-23)24(25)26)20-7-6-13-4-5-15(27-2)10-16(13)18;/h4-5,10-12H,3,6-9H2,1-2H3,(H2,19,20,21);1H. The van der Waals surface area contributed by atoms with E-state index in [1.807, 2.05) is 19.1 Å². The van der Waals surface area contributed by atoms with Crippen molar-refractivity contribution < 1.29 is 9.66 Å². The Hall–Kier alpha value is -2.08. The zero-order valence-electron chi connectivity index (χ0n) is 15.7. The topological polar surface area (TPSA) is 107 Å². The first-order valence-electron chi connectivity index (χ1n) is 8.55. The average molecular weight is 523 g/mol. The van der Waals surface area contributed by atoms with Crippen LogP contribution in [-0.2, 0) is 13.0 Å². The number of nitrogens with zero attached hydrogens (tertiary/aromatic N) is 4. The van der Waals surface area contributed by atoms with Crippen molar-refractivity contribution in [3.05, 3.63) is 51.3 Å². The Morgan fingerprint density at radius 2 is 2.21 bits per heavy atom. The van der Waals surface area contributed by atoms with Gasteiger partial charge in [0.2, 0.25) is 0 Å². The van der Waals surface area contributed by atoms with Crippen LogP contribution in [0.3, 0.4) is 0 Å². The van der Waals surface area contributed by atoms with E-state index in [-0.39, 0.29) is 29.7 Å². The van der Waals surface area contributed by atoms with Gasteiger partial charge in [-0.05, 0) is 31.0 Å². The minimum Gasteiger partial charge on any atom is -0.497 e. The summed E-state index contributed by atoms with van der Waals surface area (Å²) in [6.07, 6.45) is 3.33. The van der Waals surface area contributed by atoms with E-state index >= 15 is 0 Å². The van der Waals surface area contributed by atoms with Crippen molar-refractivity contribution in [2.24, 2.45) is 4.99 Å². The molecule has 28 heavy (non-hydrogen) atoms. The van der Waals surface area contributed by atoms with Crippen LogP contribution in [0, 0.1) is 10.1 Å². The number of ether oxygens (including phenoxy) is 1. The molecule has 0 aliphatic carbocycles. The Morgan fingerprint density at radius 3 is 2.82 bits per heavy atom. The molecule has 2 N–H and O–H groups in total. The van der Waals surface area contributed by atoms with Crippen LogP contribution in [0.25, 0.3) is 0 Å². The summed E-state index contributed by atoms with van der Waals surface area (Å²) >= 11 is 6.24. The maximum atomic E-state index is 10.7. The van der Waals surface area contributed by atoms with Crippen LogP contribution < -0.4 is 15.4 Å². The van der Waals surface area contributed by atoms with Crippen molar-refractivity contribution in [3.8, 4) is 5.75 Å². The number of methoxy groups -OCH3 is 1. The van der Waals surface area contributed by atoms with Gasteiger partial charge >= 0.3 is 5.69 Å². The second kappa shape index (κ2) is 12.4. The fraction of sp³-hybridized carbons (Fsp3) is 0.412. The fourth-order valence-corrected chi connectivity index (χ4v) is 2.61. The molecule has 0 unspecified atom stereocenters. The maximum Gasteiger partial charge on any atom is 0.306 e. The molecule has 0 atom stereocenters. The number of benzene rings is 1. The van der Waals surface area contributed by atoms with E-state index in [0.29, 0.717) is 37.0 Å². The van der Waals surface area contributed by atoms with Gasteiger partial charge in [0.05, 0.1) is 18.6 Å². The van der Waals surface area contributed by atoms with Crippen LogP contribution in [-0.4, -0.2) is 47.4 Å². The van der Waals surface area contributed by atoms with Crippen LogP contribution >= 0.6 is 35.6 Å². The number of hydrogen-bond acceptors (Lipinski definition) is 5. The number of hydrogen-bond donors (Lipinski definition) is 2. The summed E-state index contributed by atoms with van der Waals surface area (Å²) < 4.78 is 6.66. The highest BCUT2D eigenvalue weighted by molar-refractivity contribution is 14.0. The molecule has 0 saturated carbocycles. The summed E-state index contributed by atoms with van der Waals surface area (Å²) in [5, 5.41) is 21.6. The smallest absolute Gasteiger partial charge is 0.306 e. The lowest BCUT2D eigenvalue weighted by atomic mass is 10.1. The van der Waals surface area contributed by atoms with Crippen LogP contribution in [0.1, 0.15) is 12.5 Å². The number of rotatable bonds is 9. The lowest BCUT2D eigenvalue weighted by Crippen LogP contribution is -2.39. The largest absolute Gasteiger partial charge is 0.497 e. The van der Waals surface area contributed by atoms with Gasteiger partial charge in [-0.3, -0.25) is 19.8 Å². The molecular formula is C17H24ClIN6O3. The maximum absolute atomic E-state index is 10.7. The number of nitrogens with one attached hydrogen (secondary N) is 2. The average Bonchev–Trinajstić information content (AvgIpc) is 3.12. The molecule has 2 rings (SSSR count). The Kier molecular flexibility index (Phi) is 10.6. The molecule has 1 aromatic carbocycles. The molecule has 1 aromatic heterocycles. The number of nitro groups is 1. The van der Waals surface area contributed by atoms with E-state index in [2.05, 4.69) is 20.7 Å². The van der Waals surface area contributed by atoms with Crippen LogP contribution in [0.5, 0.6) is 5.75 Å². The molecule has 9 nitrogen and oxygen atoms in total. The molecule has 0 radical (unpaired) electrons. The molecule has 0 aliphatic rings. The lowest BCUT2D eigenvalue weighted by molar-refractivity contribution is -0.385. The summed E-state index contributed by atoms with van der Waals surface area (Å²) in [5.41, 5.74) is 0.979. The van der Waals surface area contributed by atoms with Crippen molar-refractivity contribution in [2.45, 2.75) is 19.9 Å². The number of halogens is 2. The molecule has 0 amide bonds. The first-order chi connectivity index (χ1) is 13.0. The van der Waals surface area contributed by atoms with Crippen molar-refractivity contribution in [1.29, 1.82) is 0 Å². The molecule has 0 bridgehead atoms. The molecule has 0 saturated heterocycles. The van der Waals surface area contributed by atoms with Gasteiger partial charge in [-0.25, -0.2) is 0 Å². The van der Waals surface area contributed by atoms with Crippen molar-refractivity contribution in [2.75, 3.05) is 26.7 Å². The molecule has 2 aromatic rings. The molecule has 0 aliphatic heterocycles. The van der Waals surface area contributed by atoms with Crippen LogP contribution in [0.2, 0.25) is 5.02 Å². The number of aromatic nitrogens is 2. The van der Waals surface area contributed by atoms with Gasteiger partial charge in [-0.2, -0.15) is 5.10 Å². The zero-order valence-corrected chi connectivity index (χ0v) is 18.8. The normalized spacial score (nSPS) is 10.9. The van der Waals surface area contributed by atoms with Crippen LogP contribution in [0.15, 0.2) is 35.6 Å². The lowest BCUT2D eigenvalue weighted by Gasteiger charge is -2.11. The van der Waals surface area contributed by atoms with Crippen molar-refractivity contribution in [3.63, 3.8) is 0 Å². The summed E-state index contributed by atoms with van der Waals surface area (Å²) in [7, 11) is 1.60. The minimum absolute atomic E-state index is 0. The Bertz CT molecular complexity index is 799. The van der Waals surface area contributed by atoms with E-state index in [4.69, 9.17) is 16.3 Å². The summed E-state index contributed by atoms with van der Waals surface area (Å²) in [5.74, 6) is 1.39. The second-order valence-corrected chi connectivity index (χ2v) is 6.02. The number of guanidine groups is 1. The SMILES string of the molecule is CCNC(=NCCc1ccc(OC)cc1Cl)NCCn1cc([N+](=O)[O-])cn1.I. The molecule has 0 spiro atoms. The van der Waals surface area contributed by atoms with Crippen molar-refractivity contribution in [1.82, 2.24) is 20.4 Å². The third kappa shape index (κ3) is 7.50. The van der Waals surface area contributed by atoms with Gasteiger partial charge in [0, 0.05) is 24.7 Å². The van der Waals surface area contributed by atoms with Gasteiger partial charge in [-0.15, -0.1) is 24.0 Å². The minimum atomic E-state index is -0.466. The predicted octanol–water partition coefficient (Wildman–Crippen LogP) is 2.87. The molecule has 11 heteroatoms. The highest BCUT2D eigenvalue weighted by Crippen LogP contribution is 2.22. The highest BCUT2D eigenvalue weighted by atomic mass is 127. The van der Waals surface area contributed by atoms with Gasteiger partial charge in [-0.1, -0.05) is 17.7 Å². The summed E-state index contributed by atoms with van der Waals surface area (Å²) in [4.78, 5) is 14.7. The Balaban J connectivity index is 0.00000392. The molecule has 0 fully saturated rings. The fourth-order valence-electron chi connectivity index (χ4n) is 2.35. The Labute approximate surface area is 185 Å². The third-order valence-corrected chi connectivity index (χ3v) is 4.07. The summed E-state index contributed by atoms with van der Waals surface area (Å²) in [6.45, 7) is 4.29. The number of aliphatic imine (C=N–C) groups is 1.